The van der Waals surface area contributed by atoms with Crippen LogP contribution < -0.4 is 20.7 Å². The van der Waals surface area contributed by atoms with Gasteiger partial charge in [0.05, 0.1) is 0 Å². The molecule has 1 amide bonds. The van der Waals surface area contributed by atoms with E-state index in [0.29, 0.717) is 18.8 Å². The second-order valence-electron chi connectivity index (χ2n) is 7.39. The van der Waals surface area contributed by atoms with E-state index in [1.807, 2.05) is 31.2 Å². The van der Waals surface area contributed by atoms with E-state index in [0.717, 1.165) is 24.0 Å². The van der Waals surface area contributed by atoms with Gasteiger partial charge in [-0.2, -0.15) is 0 Å². The Kier molecular flexibility index (Phi) is 10.3. The number of ether oxygens (including phenoxy) is 1. The van der Waals surface area contributed by atoms with Crippen LogP contribution in [0.3, 0.4) is 0 Å². The van der Waals surface area contributed by atoms with Gasteiger partial charge in [0.1, 0.15) is 5.75 Å². The predicted octanol–water partition coefficient (Wildman–Crippen LogP) is 3.23. The maximum Gasteiger partial charge on any atom is 0.257 e. The first-order chi connectivity index (χ1) is 13.7. The van der Waals surface area contributed by atoms with Crippen LogP contribution in [0.15, 0.2) is 29.3 Å². The zero-order valence-electron chi connectivity index (χ0n) is 17.4. The Morgan fingerprint density at radius 1 is 1.18 bits per heavy atom. The number of nitrogens with one attached hydrogen (secondary N) is 3. The van der Waals surface area contributed by atoms with Crippen molar-refractivity contribution in [2.45, 2.75) is 58.4 Å². The van der Waals surface area contributed by atoms with Gasteiger partial charge in [0.15, 0.2) is 12.6 Å². The highest BCUT2D eigenvalue weighted by atomic mass is 16.5. The van der Waals surface area contributed by atoms with E-state index in [2.05, 4.69) is 20.9 Å². The lowest BCUT2D eigenvalue weighted by atomic mass is 9.86. The number of hydrogen-bond donors (Lipinski definition) is 3. The molecule has 0 bridgehead atoms. The number of aliphatic imine (C=N–C) groups is 1. The quantitative estimate of drug-likeness (QED) is 0.327. The van der Waals surface area contributed by atoms with Crippen molar-refractivity contribution < 1.29 is 9.53 Å². The third-order valence-electron chi connectivity index (χ3n) is 5.13. The van der Waals surface area contributed by atoms with E-state index >= 15 is 0 Å². The minimum Gasteiger partial charge on any atom is -0.484 e. The Balaban J connectivity index is 1.67. The van der Waals surface area contributed by atoms with Crippen LogP contribution in [0.25, 0.3) is 0 Å². The number of benzene rings is 1. The third kappa shape index (κ3) is 8.63. The van der Waals surface area contributed by atoms with Crippen LogP contribution in [0, 0.1) is 5.92 Å². The first-order valence-corrected chi connectivity index (χ1v) is 10.6. The summed E-state index contributed by atoms with van der Waals surface area (Å²) in [6, 6.07) is 7.77. The largest absolute Gasteiger partial charge is 0.484 e. The van der Waals surface area contributed by atoms with Gasteiger partial charge in [-0.1, -0.05) is 44.2 Å². The highest BCUT2D eigenvalue weighted by Gasteiger charge is 2.12. The third-order valence-corrected chi connectivity index (χ3v) is 5.13. The number of carbonyl (C=O) groups excluding carboxylic acids is 1. The summed E-state index contributed by atoms with van der Waals surface area (Å²) < 4.78 is 5.55. The molecular formula is C22H36N4O2. The molecule has 0 unspecified atom stereocenters. The van der Waals surface area contributed by atoms with Crippen molar-refractivity contribution in [1.82, 2.24) is 16.0 Å². The summed E-state index contributed by atoms with van der Waals surface area (Å²) in [5, 5.41) is 9.47. The molecule has 1 aliphatic carbocycles. The number of nitrogens with zero attached hydrogens (tertiary/aromatic N) is 1. The Morgan fingerprint density at radius 3 is 2.75 bits per heavy atom. The fourth-order valence-electron chi connectivity index (χ4n) is 3.62. The average molecular weight is 389 g/mol. The second kappa shape index (κ2) is 13.0. The summed E-state index contributed by atoms with van der Waals surface area (Å²) in [5.41, 5.74) is 1.08. The molecular weight excluding hydrogens is 352 g/mol. The molecule has 2 rings (SSSR count). The average Bonchev–Trinajstić information content (AvgIpc) is 2.73. The molecule has 0 saturated heterocycles. The van der Waals surface area contributed by atoms with Gasteiger partial charge in [-0.25, -0.2) is 0 Å². The summed E-state index contributed by atoms with van der Waals surface area (Å²) in [5.74, 6) is 2.33. The smallest absolute Gasteiger partial charge is 0.257 e. The summed E-state index contributed by atoms with van der Waals surface area (Å²) in [4.78, 5) is 15.8. The fourth-order valence-corrected chi connectivity index (χ4v) is 3.62. The first kappa shape index (κ1) is 22.1. The molecule has 1 aromatic carbocycles. The Labute approximate surface area is 169 Å². The first-order valence-electron chi connectivity index (χ1n) is 10.6. The van der Waals surface area contributed by atoms with Crippen LogP contribution in [-0.4, -0.2) is 38.6 Å². The number of carbonyl (C=O) groups is 1. The van der Waals surface area contributed by atoms with Crippen LogP contribution in [0.4, 0.5) is 0 Å². The van der Waals surface area contributed by atoms with Crippen molar-refractivity contribution in [3.05, 3.63) is 29.8 Å². The molecule has 0 heterocycles. The number of guanidine groups is 1. The van der Waals surface area contributed by atoms with E-state index in [-0.39, 0.29) is 12.5 Å². The van der Waals surface area contributed by atoms with Crippen molar-refractivity contribution in [2.75, 3.05) is 26.7 Å². The molecule has 1 saturated carbocycles. The van der Waals surface area contributed by atoms with E-state index < -0.39 is 0 Å². The van der Waals surface area contributed by atoms with Gasteiger partial charge in [0.2, 0.25) is 0 Å². The number of hydrogen-bond acceptors (Lipinski definition) is 3. The standard InChI is InChI=1S/C22H36N4O2/c1-3-24-21(27)17-28-20-13-7-11-19(15-20)16-26-22(23-2)25-14-8-12-18-9-5-4-6-10-18/h7,11,13,15,18H,3-6,8-10,12,14,16-17H2,1-2H3,(H,24,27)(H2,23,25,26). The van der Waals surface area contributed by atoms with Crippen LogP contribution in [0.1, 0.15) is 57.4 Å². The van der Waals surface area contributed by atoms with Crippen LogP contribution in [0.5, 0.6) is 5.75 Å². The molecule has 28 heavy (non-hydrogen) atoms. The lowest BCUT2D eigenvalue weighted by molar-refractivity contribution is -0.122. The van der Waals surface area contributed by atoms with Crippen molar-refractivity contribution >= 4 is 11.9 Å². The molecule has 1 aliphatic rings. The number of rotatable bonds is 10. The molecule has 156 valence electrons. The molecule has 0 spiro atoms. The summed E-state index contributed by atoms with van der Waals surface area (Å²) >= 11 is 0. The molecule has 0 aromatic heterocycles. The lowest BCUT2D eigenvalue weighted by Crippen LogP contribution is -2.37. The van der Waals surface area contributed by atoms with E-state index in [4.69, 9.17) is 4.74 Å². The summed E-state index contributed by atoms with van der Waals surface area (Å²) in [7, 11) is 1.79. The van der Waals surface area contributed by atoms with Gasteiger partial charge < -0.3 is 20.7 Å². The number of likely N-dealkylation sites (N-methyl/N-ethyl adjacent to an activating group) is 1. The second-order valence-corrected chi connectivity index (χ2v) is 7.39. The summed E-state index contributed by atoms with van der Waals surface area (Å²) in [6.45, 7) is 4.14. The van der Waals surface area contributed by atoms with Crippen LogP contribution in [0.2, 0.25) is 0 Å². The van der Waals surface area contributed by atoms with Gasteiger partial charge in [-0.15, -0.1) is 0 Å². The molecule has 3 N–H and O–H groups in total. The van der Waals surface area contributed by atoms with E-state index in [9.17, 15) is 4.79 Å². The topological polar surface area (TPSA) is 74.8 Å². The zero-order chi connectivity index (χ0) is 20.0. The number of amides is 1. The maximum absolute atomic E-state index is 11.5. The molecule has 1 fully saturated rings. The Hall–Kier alpha value is -2.24. The molecule has 6 heteroatoms. The SMILES string of the molecule is CCNC(=O)COc1cccc(CNC(=NC)NCCCC2CCCCC2)c1. The molecule has 0 radical (unpaired) electrons. The molecule has 0 atom stereocenters. The van der Waals surface area contributed by atoms with E-state index in [1.165, 1.54) is 44.9 Å². The maximum atomic E-state index is 11.5. The van der Waals surface area contributed by atoms with Crippen molar-refractivity contribution in [2.24, 2.45) is 10.9 Å². The Bertz CT molecular complexity index is 612. The highest BCUT2D eigenvalue weighted by Crippen LogP contribution is 2.26. The summed E-state index contributed by atoms with van der Waals surface area (Å²) in [6.07, 6.45) is 9.56. The molecule has 1 aromatic rings. The van der Waals surface area contributed by atoms with Crippen molar-refractivity contribution in [1.29, 1.82) is 0 Å². The zero-order valence-corrected chi connectivity index (χ0v) is 17.4. The van der Waals surface area contributed by atoms with E-state index in [1.54, 1.807) is 7.05 Å². The monoisotopic (exact) mass is 388 g/mol. The minimum absolute atomic E-state index is 0.0366. The van der Waals surface area contributed by atoms with Crippen molar-refractivity contribution in [3.63, 3.8) is 0 Å². The van der Waals surface area contributed by atoms with Crippen molar-refractivity contribution in [3.8, 4) is 5.75 Å². The van der Waals surface area contributed by atoms with Gasteiger partial charge in [0.25, 0.3) is 5.91 Å². The van der Waals surface area contributed by atoms with Gasteiger partial charge in [-0.3, -0.25) is 9.79 Å². The fraction of sp³-hybridized carbons (Fsp3) is 0.636. The predicted molar refractivity (Wildman–Crippen MR) is 115 cm³/mol. The van der Waals surface area contributed by atoms with Crippen LogP contribution in [-0.2, 0) is 11.3 Å². The lowest BCUT2D eigenvalue weighted by Gasteiger charge is -2.21. The van der Waals surface area contributed by atoms with Gasteiger partial charge in [-0.05, 0) is 43.4 Å². The van der Waals surface area contributed by atoms with Crippen LogP contribution >= 0.6 is 0 Å². The molecule has 6 nitrogen and oxygen atoms in total. The van der Waals surface area contributed by atoms with Gasteiger partial charge in [0, 0.05) is 26.7 Å². The highest BCUT2D eigenvalue weighted by molar-refractivity contribution is 5.79. The van der Waals surface area contributed by atoms with Gasteiger partial charge >= 0.3 is 0 Å². The molecule has 0 aliphatic heterocycles. The normalized spacial score (nSPS) is 15.1. The minimum atomic E-state index is -0.108. The Morgan fingerprint density at radius 2 is 2.00 bits per heavy atom.